The lowest BCUT2D eigenvalue weighted by atomic mass is 9.97. The fourth-order valence-electron chi connectivity index (χ4n) is 1.21. The van der Waals surface area contributed by atoms with Crippen LogP contribution in [0.2, 0.25) is 0 Å². The second-order valence-electron chi connectivity index (χ2n) is 3.12. The molecule has 0 fully saturated rings. The van der Waals surface area contributed by atoms with Gasteiger partial charge in [-0.15, -0.1) is 0 Å². The number of nitrogen functional groups attached to an aromatic ring is 1. The van der Waals surface area contributed by atoms with Crippen molar-refractivity contribution in [3.05, 3.63) is 23.8 Å². The molecule has 0 heterocycles. The molecule has 0 spiro atoms. The van der Waals surface area contributed by atoms with Crippen LogP contribution in [-0.4, -0.2) is 5.11 Å². The normalized spacial score (nSPS) is 12.8. The summed E-state index contributed by atoms with van der Waals surface area (Å²) in [6.07, 6.45) is 1.04. The molecule has 0 radical (unpaired) electrons. The third-order valence-electron chi connectivity index (χ3n) is 2.21. The Morgan fingerprint density at radius 3 is 2.75 bits per heavy atom. The highest BCUT2D eigenvalue weighted by atomic mass is 16.3. The standard InChI is InChI=1S/C10H15NO/c1-3-7(2)9-6-8(12)4-5-10(9)11/h4-7,12H,3,11H2,1-2H3. The SMILES string of the molecule is CCC(C)c1cc(O)ccc1N. The second kappa shape index (κ2) is 3.48. The van der Waals surface area contributed by atoms with Gasteiger partial charge in [0, 0.05) is 5.69 Å². The quantitative estimate of drug-likeness (QED) is 0.522. The molecule has 1 aromatic rings. The van der Waals surface area contributed by atoms with E-state index in [0.717, 1.165) is 17.7 Å². The Labute approximate surface area is 73.0 Å². The lowest BCUT2D eigenvalue weighted by Gasteiger charge is -2.11. The van der Waals surface area contributed by atoms with Crippen molar-refractivity contribution in [2.24, 2.45) is 0 Å². The number of rotatable bonds is 2. The van der Waals surface area contributed by atoms with Crippen molar-refractivity contribution in [2.75, 3.05) is 5.73 Å². The molecule has 2 nitrogen and oxygen atoms in total. The zero-order chi connectivity index (χ0) is 9.14. The summed E-state index contributed by atoms with van der Waals surface area (Å²) in [5, 5.41) is 9.23. The van der Waals surface area contributed by atoms with Gasteiger partial charge in [-0.1, -0.05) is 13.8 Å². The first-order valence-corrected chi connectivity index (χ1v) is 4.23. The minimum atomic E-state index is 0.291. The van der Waals surface area contributed by atoms with Crippen LogP contribution in [0.15, 0.2) is 18.2 Å². The minimum absolute atomic E-state index is 0.291. The van der Waals surface area contributed by atoms with Crippen molar-refractivity contribution >= 4 is 5.69 Å². The van der Waals surface area contributed by atoms with Gasteiger partial charge in [-0.3, -0.25) is 0 Å². The molecule has 1 rings (SSSR count). The first-order valence-electron chi connectivity index (χ1n) is 4.23. The van der Waals surface area contributed by atoms with E-state index in [2.05, 4.69) is 13.8 Å². The molecule has 0 amide bonds. The van der Waals surface area contributed by atoms with E-state index in [9.17, 15) is 5.11 Å². The molecule has 0 aliphatic heterocycles. The zero-order valence-electron chi connectivity index (χ0n) is 7.54. The van der Waals surface area contributed by atoms with Gasteiger partial charge in [0.1, 0.15) is 5.75 Å². The monoisotopic (exact) mass is 165 g/mol. The van der Waals surface area contributed by atoms with Gasteiger partial charge in [0.05, 0.1) is 0 Å². The summed E-state index contributed by atoms with van der Waals surface area (Å²) >= 11 is 0. The predicted molar refractivity (Wildman–Crippen MR) is 51.2 cm³/mol. The fourth-order valence-corrected chi connectivity index (χ4v) is 1.21. The Bertz CT molecular complexity index is 271. The van der Waals surface area contributed by atoms with Crippen molar-refractivity contribution in [3.63, 3.8) is 0 Å². The Hall–Kier alpha value is -1.18. The minimum Gasteiger partial charge on any atom is -0.508 e. The fraction of sp³-hybridized carbons (Fsp3) is 0.400. The molecule has 0 saturated carbocycles. The molecular weight excluding hydrogens is 150 g/mol. The van der Waals surface area contributed by atoms with Gasteiger partial charge in [0.15, 0.2) is 0 Å². The maximum atomic E-state index is 9.23. The van der Waals surface area contributed by atoms with Crippen LogP contribution in [0.5, 0.6) is 5.75 Å². The molecular formula is C10H15NO. The molecule has 2 heteroatoms. The van der Waals surface area contributed by atoms with Gasteiger partial charge in [0.25, 0.3) is 0 Å². The lowest BCUT2D eigenvalue weighted by Crippen LogP contribution is -1.97. The molecule has 1 atom stereocenters. The Morgan fingerprint density at radius 2 is 2.17 bits per heavy atom. The van der Waals surface area contributed by atoms with Crippen molar-refractivity contribution in [2.45, 2.75) is 26.2 Å². The molecule has 0 saturated heterocycles. The second-order valence-corrected chi connectivity index (χ2v) is 3.12. The van der Waals surface area contributed by atoms with E-state index in [1.165, 1.54) is 0 Å². The maximum absolute atomic E-state index is 9.23. The van der Waals surface area contributed by atoms with E-state index in [-0.39, 0.29) is 0 Å². The van der Waals surface area contributed by atoms with Gasteiger partial charge in [-0.25, -0.2) is 0 Å². The van der Waals surface area contributed by atoms with Crippen LogP contribution in [0.3, 0.4) is 0 Å². The molecule has 3 N–H and O–H groups in total. The predicted octanol–water partition coefficient (Wildman–Crippen LogP) is 2.49. The molecule has 66 valence electrons. The number of aromatic hydroxyl groups is 1. The molecule has 0 aliphatic rings. The zero-order valence-corrected chi connectivity index (χ0v) is 7.54. The smallest absolute Gasteiger partial charge is 0.116 e. The topological polar surface area (TPSA) is 46.2 Å². The highest BCUT2D eigenvalue weighted by molar-refractivity contribution is 5.51. The number of phenolic OH excluding ortho intramolecular Hbond substituents is 1. The van der Waals surface area contributed by atoms with E-state index in [1.807, 2.05) is 0 Å². The van der Waals surface area contributed by atoms with Gasteiger partial charge < -0.3 is 10.8 Å². The summed E-state index contributed by atoms with van der Waals surface area (Å²) in [5.74, 6) is 0.705. The average molecular weight is 165 g/mol. The van der Waals surface area contributed by atoms with Crippen LogP contribution in [0.25, 0.3) is 0 Å². The van der Waals surface area contributed by atoms with E-state index in [4.69, 9.17) is 5.73 Å². The van der Waals surface area contributed by atoms with Crippen LogP contribution in [0, 0.1) is 0 Å². The number of hydrogen-bond acceptors (Lipinski definition) is 2. The molecule has 12 heavy (non-hydrogen) atoms. The summed E-state index contributed by atoms with van der Waals surface area (Å²) in [4.78, 5) is 0. The molecule has 0 bridgehead atoms. The first kappa shape index (κ1) is 8.91. The van der Waals surface area contributed by atoms with E-state index in [0.29, 0.717) is 11.7 Å². The van der Waals surface area contributed by atoms with E-state index < -0.39 is 0 Å². The van der Waals surface area contributed by atoms with Crippen molar-refractivity contribution in [3.8, 4) is 5.75 Å². The Kier molecular flexibility index (Phi) is 2.58. The Balaban J connectivity index is 3.04. The Morgan fingerprint density at radius 1 is 1.50 bits per heavy atom. The average Bonchev–Trinajstić information content (AvgIpc) is 2.08. The third kappa shape index (κ3) is 1.70. The van der Waals surface area contributed by atoms with Gasteiger partial charge in [-0.2, -0.15) is 0 Å². The number of benzene rings is 1. The summed E-state index contributed by atoms with van der Waals surface area (Å²) in [6, 6.07) is 5.10. The largest absolute Gasteiger partial charge is 0.508 e. The van der Waals surface area contributed by atoms with E-state index in [1.54, 1.807) is 18.2 Å². The summed E-state index contributed by atoms with van der Waals surface area (Å²) in [7, 11) is 0. The summed E-state index contributed by atoms with van der Waals surface area (Å²) < 4.78 is 0. The van der Waals surface area contributed by atoms with Crippen molar-refractivity contribution < 1.29 is 5.11 Å². The lowest BCUT2D eigenvalue weighted by molar-refractivity contribution is 0.474. The molecule has 1 aromatic carbocycles. The molecule has 0 aromatic heterocycles. The third-order valence-corrected chi connectivity index (χ3v) is 2.21. The highest BCUT2D eigenvalue weighted by Gasteiger charge is 2.07. The number of nitrogens with two attached hydrogens (primary N) is 1. The molecule has 1 unspecified atom stereocenters. The van der Waals surface area contributed by atoms with Gasteiger partial charge in [-0.05, 0) is 36.1 Å². The van der Waals surface area contributed by atoms with E-state index >= 15 is 0 Å². The first-order chi connectivity index (χ1) is 5.65. The number of phenols is 1. The van der Waals surface area contributed by atoms with Crippen molar-refractivity contribution in [1.82, 2.24) is 0 Å². The van der Waals surface area contributed by atoms with Crippen LogP contribution in [-0.2, 0) is 0 Å². The maximum Gasteiger partial charge on any atom is 0.116 e. The number of hydrogen-bond donors (Lipinski definition) is 2. The van der Waals surface area contributed by atoms with Gasteiger partial charge >= 0.3 is 0 Å². The van der Waals surface area contributed by atoms with Crippen LogP contribution in [0.1, 0.15) is 31.7 Å². The number of anilines is 1. The summed E-state index contributed by atoms with van der Waals surface area (Å²) in [5.41, 5.74) is 7.56. The highest BCUT2D eigenvalue weighted by Crippen LogP contribution is 2.27. The van der Waals surface area contributed by atoms with Crippen LogP contribution >= 0.6 is 0 Å². The van der Waals surface area contributed by atoms with Crippen LogP contribution < -0.4 is 5.73 Å². The van der Waals surface area contributed by atoms with Crippen LogP contribution in [0.4, 0.5) is 5.69 Å². The van der Waals surface area contributed by atoms with Gasteiger partial charge in [0.2, 0.25) is 0 Å². The van der Waals surface area contributed by atoms with Crippen molar-refractivity contribution in [1.29, 1.82) is 0 Å². The molecule has 0 aliphatic carbocycles. The summed E-state index contributed by atoms with van der Waals surface area (Å²) in [6.45, 7) is 4.21.